The van der Waals surface area contributed by atoms with Gasteiger partial charge in [0.15, 0.2) is 6.29 Å². The lowest BCUT2D eigenvalue weighted by atomic mass is 10.1. The van der Waals surface area contributed by atoms with Crippen LogP contribution < -0.4 is 4.74 Å². The predicted octanol–water partition coefficient (Wildman–Crippen LogP) is 1.52. The van der Waals surface area contributed by atoms with Gasteiger partial charge < -0.3 is 9.84 Å². The van der Waals surface area contributed by atoms with Gasteiger partial charge in [-0.25, -0.2) is 0 Å². The fourth-order valence-corrected chi connectivity index (χ4v) is 0.934. The van der Waals surface area contributed by atoms with Crippen LogP contribution in [0.15, 0.2) is 12.1 Å². The van der Waals surface area contributed by atoms with E-state index in [4.69, 9.17) is 4.74 Å². The van der Waals surface area contributed by atoms with E-state index < -0.39 is 0 Å². The molecule has 64 valence electrons. The number of carbonyl (C=O) groups is 1. The molecule has 0 saturated heterocycles. The zero-order valence-corrected chi connectivity index (χ0v) is 7.00. The Labute approximate surface area is 70.6 Å². The lowest BCUT2D eigenvalue weighted by Gasteiger charge is -2.05. The van der Waals surface area contributed by atoms with Crippen LogP contribution in [0, 0.1) is 6.92 Å². The minimum absolute atomic E-state index is 0.0800. The van der Waals surface area contributed by atoms with Gasteiger partial charge in [-0.2, -0.15) is 0 Å². The van der Waals surface area contributed by atoms with E-state index in [-0.39, 0.29) is 5.75 Å². The van der Waals surface area contributed by atoms with Crippen molar-refractivity contribution < 1.29 is 14.6 Å². The van der Waals surface area contributed by atoms with E-state index in [0.717, 1.165) is 0 Å². The maximum Gasteiger partial charge on any atom is 0.150 e. The van der Waals surface area contributed by atoms with Crippen LogP contribution in [0.5, 0.6) is 11.5 Å². The molecule has 0 fully saturated rings. The van der Waals surface area contributed by atoms with Gasteiger partial charge in [0, 0.05) is 17.2 Å². The molecule has 1 aromatic rings. The number of carbonyl (C=O) groups excluding carboxylic acids is 1. The minimum Gasteiger partial charge on any atom is -0.508 e. The molecule has 1 rings (SSSR count). The second kappa shape index (κ2) is 3.26. The maximum atomic E-state index is 10.5. The Morgan fingerprint density at radius 3 is 2.67 bits per heavy atom. The summed E-state index contributed by atoms with van der Waals surface area (Å²) < 4.78 is 4.87. The molecular formula is C9H10O3. The molecule has 0 bridgehead atoms. The van der Waals surface area contributed by atoms with Crippen LogP contribution in [0.3, 0.4) is 0 Å². The van der Waals surface area contributed by atoms with Crippen LogP contribution in [0.4, 0.5) is 0 Å². The Bertz CT molecular complexity index is 305. The van der Waals surface area contributed by atoms with Crippen molar-refractivity contribution in [1.82, 2.24) is 0 Å². The zero-order chi connectivity index (χ0) is 9.14. The Morgan fingerprint density at radius 2 is 2.17 bits per heavy atom. The topological polar surface area (TPSA) is 46.5 Å². The number of hydrogen-bond acceptors (Lipinski definition) is 3. The second-order valence-corrected chi connectivity index (χ2v) is 2.48. The van der Waals surface area contributed by atoms with E-state index in [2.05, 4.69) is 0 Å². The van der Waals surface area contributed by atoms with Crippen LogP contribution >= 0.6 is 0 Å². The Hall–Kier alpha value is -1.51. The highest BCUT2D eigenvalue weighted by atomic mass is 16.5. The SMILES string of the molecule is COc1cc(O)c(C)c(C=O)c1. The fourth-order valence-electron chi connectivity index (χ4n) is 0.934. The lowest BCUT2D eigenvalue weighted by Crippen LogP contribution is -1.90. The molecule has 0 aliphatic rings. The number of phenolic OH excluding ortho intramolecular Hbond substituents is 1. The normalized spacial score (nSPS) is 9.50. The first-order chi connectivity index (χ1) is 5.69. The number of hydrogen-bond donors (Lipinski definition) is 1. The van der Waals surface area contributed by atoms with E-state index in [9.17, 15) is 9.90 Å². The number of benzene rings is 1. The molecule has 12 heavy (non-hydrogen) atoms. The van der Waals surface area contributed by atoms with E-state index in [1.54, 1.807) is 13.0 Å². The number of methoxy groups -OCH3 is 1. The summed E-state index contributed by atoms with van der Waals surface area (Å²) in [5.74, 6) is 0.566. The molecule has 0 amide bonds. The molecule has 1 N–H and O–H groups in total. The van der Waals surface area contributed by atoms with Gasteiger partial charge in [-0.3, -0.25) is 4.79 Å². The van der Waals surface area contributed by atoms with Crippen molar-refractivity contribution in [3.8, 4) is 11.5 Å². The average molecular weight is 166 g/mol. The Morgan fingerprint density at radius 1 is 1.50 bits per heavy atom. The molecule has 0 aromatic heterocycles. The van der Waals surface area contributed by atoms with Crippen molar-refractivity contribution in [3.05, 3.63) is 23.3 Å². The average Bonchev–Trinajstić information content (AvgIpc) is 2.09. The lowest BCUT2D eigenvalue weighted by molar-refractivity contribution is 0.112. The number of rotatable bonds is 2. The first-order valence-electron chi connectivity index (χ1n) is 3.52. The molecule has 1 aromatic carbocycles. The summed E-state index contributed by atoms with van der Waals surface area (Å²) in [5.41, 5.74) is 1.03. The molecule has 3 nitrogen and oxygen atoms in total. The molecular weight excluding hydrogens is 156 g/mol. The summed E-state index contributed by atoms with van der Waals surface area (Å²) in [6, 6.07) is 3.06. The highest BCUT2D eigenvalue weighted by Gasteiger charge is 2.04. The van der Waals surface area contributed by atoms with Gasteiger partial charge in [0.05, 0.1) is 7.11 Å². The highest BCUT2D eigenvalue weighted by molar-refractivity contribution is 5.79. The highest BCUT2D eigenvalue weighted by Crippen LogP contribution is 2.25. The second-order valence-electron chi connectivity index (χ2n) is 2.48. The molecule has 0 aliphatic heterocycles. The van der Waals surface area contributed by atoms with Gasteiger partial charge in [-0.05, 0) is 13.0 Å². The molecule has 0 unspecified atom stereocenters. The standard InChI is InChI=1S/C9H10O3/c1-6-7(5-10)3-8(12-2)4-9(6)11/h3-5,11H,1-2H3. The van der Waals surface area contributed by atoms with Gasteiger partial charge in [0.25, 0.3) is 0 Å². The summed E-state index contributed by atoms with van der Waals surface area (Å²) in [7, 11) is 1.48. The Kier molecular flexibility index (Phi) is 2.33. The van der Waals surface area contributed by atoms with Gasteiger partial charge >= 0.3 is 0 Å². The first-order valence-corrected chi connectivity index (χ1v) is 3.52. The molecule has 0 aliphatic carbocycles. The summed E-state index contributed by atoms with van der Waals surface area (Å²) in [6.45, 7) is 1.68. The van der Waals surface area contributed by atoms with Crippen LogP contribution in [0.1, 0.15) is 15.9 Å². The van der Waals surface area contributed by atoms with E-state index in [0.29, 0.717) is 23.2 Å². The third kappa shape index (κ3) is 1.39. The summed E-state index contributed by atoms with van der Waals surface area (Å²) >= 11 is 0. The quantitative estimate of drug-likeness (QED) is 0.677. The largest absolute Gasteiger partial charge is 0.508 e. The van der Waals surface area contributed by atoms with Crippen molar-refractivity contribution in [3.63, 3.8) is 0 Å². The van der Waals surface area contributed by atoms with E-state index >= 15 is 0 Å². The third-order valence-corrected chi connectivity index (χ3v) is 1.76. The van der Waals surface area contributed by atoms with Gasteiger partial charge in [-0.1, -0.05) is 0 Å². The summed E-state index contributed by atoms with van der Waals surface area (Å²) in [5, 5.41) is 9.30. The monoisotopic (exact) mass is 166 g/mol. The van der Waals surface area contributed by atoms with Crippen molar-refractivity contribution in [2.75, 3.05) is 7.11 Å². The van der Waals surface area contributed by atoms with Crippen LogP contribution in [-0.2, 0) is 0 Å². The van der Waals surface area contributed by atoms with Crippen molar-refractivity contribution in [2.24, 2.45) is 0 Å². The molecule has 0 radical (unpaired) electrons. The Balaban J connectivity index is 3.28. The summed E-state index contributed by atoms with van der Waals surface area (Å²) in [4.78, 5) is 10.5. The minimum atomic E-state index is 0.0800. The molecule has 0 saturated carbocycles. The number of ether oxygens (including phenoxy) is 1. The van der Waals surface area contributed by atoms with Gasteiger partial charge in [-0.15, -0.1) is 0 Å². The number of phenols is 1. The van der Waals surface area contributed by atoms with Crippen LogP contribution in [-0.4, -0.2) is 18.5 Å². The number of aromatic hydroxyl groups is 1. The third-order valence-electron chi connectivity index (χ3n) is 1.76. The van der Waals surface area contributed by atoms with E-state index in [1.165, 1.54) is 13.2 Å². The first kappa shape index (κ1) is 8.59. The summed E-state index contributed by atoms with van der Waals surface area (Å²) in [6.07, 6.45) is 0.692. The zero-order valence-electron chi connectivity index (χ0n) is 7.00. The van der Waals surface area contributed by atoms with E-state index in [1.807, 2.05) is 0 Å². The van der Waals surface area contributed by atoms with Crippen molar-refractivity contribution >= 4 is 6.29 Å². The maximum absolute atomic E-state index is 10.5. The van der Waals surface area contributed by atoms with Crippen LogP contribution in [0.2, 0.25) is 0 Å². The predicted molar refractivity (Wildman–Crippen MR) is 44.8 cm³/mol. The molecule has 0 heterocycles. The van der Waals surface area contributed by atoms with Crippen molar-refractivity contribution in [1.29, 1.82) is 0 Å². The van der Waals surface area contributed by atoms with Crippen LogP contribution in [0.25, 0.3) is 0 Å². The number of aldehydes is 1. The van der Waals surface area contributed by atoms with Crippen molar-refractivity contribution in [2.45, 2.75) is 6.92 Å². The van der Waals surface area contributed by atoms with Gasteiger partial charge in [0.2, 0.25) is 0 Å². The van der Waals surface area contributed by atoms with Gasteiger partial charge in [0.1, 0.15) is 11.5 Å². The smallest absolute Gasteiger partial charge is 0.150 e. The molecule has 3 heteroatoms. The fraction of sp³-hybridized carbons (Fsp3) is 0.222. The molecule has 0 atom stereocenters. The molecule has 0 spiro atoms.